The Balaban J connectivity index is 2.09. The number of pyridine rings is 1. The average molecular weight is 218 g/mol. The summed E-state index contributed by atoms with van der Waals surface area (Å²) in [4.78, 5) is 4.18. The van der Waals surface area contributed by atoms with Gasteiger partial charge >= 0.3 is 0 Å². The molecule has 0 aromatic carbocycles. The molecule has 0 aliphatic carbocycles. The fourth-order valence-electron chi connectivity index (χ4n) is 1.53. The third kappa shape index (κ3) is 2.61. The van der Waals surface area contributed by atoms with Crippen LogP contribution >= 0.6 is 0 Å². The monoisotopic (exact) mass is 218 g/mol. The standard InChI is InChI=1S/C12H14N2O2/c15-8-6-10(11-4-3-9-16-11)14-12-5-1-2-7-13-12/h1-5,7,9-10,15H,6,8H2,(H,13,14). The second-order valence-electron chi connectivity index (χ2n) is 3.44. The molecule has 0 bridgehead atoms. The van der Waals surface area contributed by atoms with Gasteiger partial charge in [-0.25, -0.2) is 4.98 Å². The molecule has 0 spiro atoms. The SMILES string of the molecule is OCCC(Nc1ccccn1)c1ccco1. The molecule has 0 amide bonds. The molecule has 16 heavy (non-hydrogen) atoms. The highest BCUT2D eigenvalue weighted by atomic mass is 16.3. The van der Waals surface area contributed by atoms with E-state index in [1.54, 1.807) is 12.5 Å². The minimum absolute atomic E-state index is 0.0464. The van der Waals surface area contributed by atoms with Gasteiger partial charge < -0.3 is 14.8 Å². The van der Waals surface area contributed by atoms with Gasteiger partial charge in [0.2, 0.25) is 0 Å². The van der Waals surface area contributed by atoms with Crippen LogP contribution in [0.3, 0.4) is 0 Å². The van der Waals surface area contributed by atoms with Crippen LogP contribution in [0.1, 0.15) is 18.2 Å². The fraction of sp³-hybridized carbons (Fsp3) is 0.250. The van der Waals surface area contributed by atoms with Gasteiger partial charge in [-0.15, -0.1) is 0 Å². The highest BCUT2D eigenvalue weighted by molar-refractivity contribution is 5.36. The molecule has 0 aliphatic heterocycles. The number of nitrogens with zero attached hydrogens (tertiary/aromatic N) is 1. The topological polar surface area (TPSA) is 58.3 Å². The van der Waals surface area contributed by atoms with E-state index in [0.717, 1.165) is 11.6 Å². The number of hydrogen-bond acceptors (Lipinski definition) is 4. The molecule has 0 saturated carbocycles. The second kappa shape index (κ2) is 5.32. The summed E-state index contributed by atoms with van der Waals surface area (Å²) < 4.78 is 5.32. The lowest BCUT2D eigenvalue weighted by atomic mass is 10.1. The molecule has 0 radical (unpaired) electrons. The summed E-state index contributed by atoms with van der Waals surface area (Å²) in [6.07, 6.45) is 3.93. The molecule has 2 N–H and O–H groups in total. The van der Waals surface area contributed by atoms with Crippen LogP contribution < -0.4 is 5.32 Å². The highest BCUT2D eigenvalue weighted by Gasteiger charge is 2.13. The van der Waals surface area contributed by atoms with Gasteiger partial charge in [-0.2, -0.15) is 0 Å². The van der Waals surface area contributed by atoms with E-state index in [4.69, 9.17) is 9.52 Å². The van der Waals surface area contributed by atoms with Crippen molar-refractivity contribution in [1.82, 2.24) is 4.98 Å². The number of aliphatic hydroxyl groups is 1. The Hall–Kier alpha value is -1.81. The molecule has 2 heterocycles. The summed E-state index contributed by atoms with van der Waals surface area (Å²) in [6, 6.07) is 9.32. The van der Waals surface area contributed by atoms with Crippen LogP contribution in [0.15, 0.2) is 47.2 Å². The van der Waals surface area contributed by atoms with E-state index in [1.807, 2.05) is 30.3 Å². The third-order valence-electron chi connectivity index (χ3n) is 2.29. The van der Waals surface area contributed by atoms with E-state index in [-0.39, 0.29) is 12.6 Å². The lowest BCUT2D eigenvalue weighted by Crippen LogP contribution is -2.12. The van der Waals surface area contributed by atoms with Crippen LogP contribution in [0, 0.1) is 0 Å². The molecule has 0 aliphatic rings. The van der Waals surface area contributed by atoms with E-state index in [0.29, 0.717) is 6.42 Å². The molecule has 0 fully saturated rings. The maximum Gasteiger partial charge on any atom is 0.126 e. The average Bonchev–Trinajstić information content (AvgIpc) is 2.83. The van der Waals surface area contributed by atoms with Crippen LogP contribution in [0.25, 0.3) is 0 Å². The lowest BCUT2D eigenvalue weighted by molar-refractivity contribution is 0.273. The Kier molecular flexibility index (Phi) is 3.56. The molecule has 2 rings (SSSR count). The summed E-state index contributed by atoms with van der Waals surface area (Å²) in [7, 11) is 0. The second-order valence-corrected chi connectivity index (χ2v) is 3.44. The number of anilines is 1. The molecule has 2 aromatic heterocycles. The first-order valence-corrected chi connectivity index (χ1v) is 5.22. The van der Waals surface area contributed by atoms with Gasteiger partial charge in [-0.05, 0) is 30.7 Å². The van der Waals surface area contributed by atoms with Gasteiger partial charge in [0, 0.05) is 12.8 Å². The molecule has 4 nitrogen and oxygen atoms in total. The molecule has 1 unspecified atom stereocenters. The van der Waals surface area contributed by atoms with Crippen molar-refractivity contribution >= 4 is 5.82 Å². The van der Waals surface area contributed by atoms with Gasteiger partial charge in [0.1, 0.15) is 11.6 Å². The van der Waals surface area contributed by atoms with E-state index in [9.17, 15) is 0 Å². The van der Waals surface area contributed by atoms with Crippen molar-refractivity contribution in [1.29, 1.82) is 0 Å². The quantitative estimate of drug-likeness (QED) is 0.807. The van der Waals surface area contributed by atoms with Crippen LogP contribution in [-0.4, -0.2) is 16.7 Å². The Morgan fingerprint density at radius 1 is 1.31 bits per heavy atom. The lowest BCUT2D eigenvalue weighted by Gasteiger charge is -2.15. The van der Waals surface area contributed by atoms with E-state index in [2.05, 4.69) is 10.3 Å². The van der Waals surface area contributed by atoms with Crippen LogP contribution in [-0.2, 0) is 0 Å². The zero-order valence-electron chi connectivity index (χ0n) is 8.84. The third-order valence-corrected chi connectivity index (χ3v) is 2.29. The van der Waals surface area contributed by atoms with Crippen molar-refractivity contribution in [3.05, 3.63) is 48.6 Å². The summed E-state index contributed by atoms with van der Waals surface area (Å²) in [5, 5.41) is 12.2. The number of aliphatic hydroxyl groups excluding tert-OH is 1. The highest BCUT2D eigenvalue weighted by Crippen LogP contribution is 2.21. The first kappa shape index (κ1) is 10.7. The minimum atomic E-state index is -0.0464. The maximum atomic E-state index is 9.01. The summed E-state index contributed by atoms with van der Waals surface area (Å²) in [5.41, 5.74) is 0. The number of furan rings is 1. The van der Waals surface area contributed by atoms with Gasteiger partial charge in [-0.1, -0.05) is 6.07 Å². The number of nitrogens with one attached hydrogen (secondary N) is 1. The van der Waals surface area contributed by atoms with Crippen molar-refractivity contribution in [2.45, 2.75) is 12.5 Å². The predicted octanol–water partition coefficient (Wildman–Crippen LogP) is 2.21. The molecule has 1 atom stereocenters. The van der Waals surface area contributed by atoms with Gasteiger partial charge in [0.05, 0.1) is 12.3 Å². The zero-order valence-corrected chi connectivity index (χ0v) is 8.84. The largest absolute Gasteiger partial charge is 0.467 e. The molecular formula is C12H14N2O2. The molecule has 0 saturated heterocycles. The minimum Gasteiger partial charge on any atom is -0.467 e. The predicted molar refractivity (Wildman–Crippen MR) is 61.0 cm³/mol. The van der Waals surface area contributed by atoms with Crippen LogP contribution in [0.2, 0.25) is 0 Å². The van der Waals surface area contributed by atoms with Crippen molar-refractivity contribution in [3.63, 3.8) is 0 Å². The van der Waals surface area contributed by atoms with Crippen molar-refractivity contribution in [3.8, 4) is 0 Å². The van der Waals surface area contributed by atoms with Gasteiger partial charge in [0.25, 0.3) is 0 Å². The Labute approximate surface area is 93.9 Å². The van der Waals surface area contributed by atoms with E-state index in [1.165, 1.54) is 0 Å². The van der Waals surface area contributed by atoms with Gasteiger partial charge in [0.15, 0.2) is 0 Å². The zero-order chi connectivity index (χ0) is 11.2. The fourth-order valence-corrected chi connectivity index (χ4v) is 1.53. The van der Waals surface area contributed by atoms with Crippen molar-refractivity contribution < 1.29 is 9.52 Å². The molecule has 84 valence electrons. The number of aromatic nitrogens is 1. The Morgan fingerprint density at radius 2 is 2.25 bits per heavy atom. The molecular weight excluding hydrogens is 204 g/mol. The maximum absolute atomic E-state index is 9.01. The molecule has 2 aromatic rings. The Morgan fingerprint density at radius 3 is 2.88 bits per heavy atom. The van der Waals surface area contributed by atoms with Crippen LogP contribution in [0.5, 0.6) is 0 Å². The number of hydrogen-bond donors (Lipinski definition) is 2. The first-order chi connectivity index (χ1) is 7.90. The Bertz CT molecular complexity index is 400. The normalized spacial score (nSPS) is 12.3. The summed E-state index contributed by atoms with van der Waals surface area (Å²) >= 11 is 0. The van der Waals surface area contributed by atoms with E-state index < -0.39 is 0 Å². The van der Waals surface area contributed by atoms with Crippen LogP contribution in [0.4, 0.5) is 5.82 Å². The van der Waals surface area contributed by atoms with Gasteiger partial charge in [-0.3, -0.25) is 0 Å². The first-order valence-electron chi connectivity index (χ1n) is 5.22. The van der Waals surface area contributed by atoms with Crippen molar-refractivity contribution in [2.24, 2.45) is 0 Å². The molecule has 4 heteroatoms. The van der Waals surface area contributed by atoms with Crippen molar-refractivity contribution in [2.75, 3.05) is 11.9 Å². The smallest absolute Gasteiger partial charge is 0.126 e. The number of rotatable bonds is 5. The summed E-state index contributed by atoms with van der Waals surface area (Å²) in [6.45, 7) is 0.102. The summed E-state index contributed by atoms with van der Waals surface area (Å²) in [5.74, 6) is 1.58. The van der Waals surface area contributed by atoms with E-state index >= 15 is 0 Å².